The molecule has 2 nitrogen and oxygen atoms in total. The lowest BCUT2D eigenvalue weighted by Crippen LogP contribution is -2.22. The summed E-state index contributed by atoms with van der Waals surface area (Å²) in [4.78, 5) is 0. The Morgan fingerprint density at radius 3 is 2.50 bits per heavy atom. The second kappa shape index (κ2) is 6.54. The molecular weight excluding hydrogens is 198 g/mol. The molecule has 0 saturated carbocycles. The summed E-state index contributed by atoms with van der Waals surface area (Å²) in [7, 11) is 1.73. The molecule has 0 spiro atoms. The zero-order valence-corrected chi connectivity index (χ0v) is 10.8. The standard InChI is InChI=1S/C14H23NO/c1-5-15-13(10-11(2)3)12-8-6-7-9-14(12)16-4/h6-9,11,13,15H,5,10H2,1-4H3. The smallest absolute Gasteiger partial charge is 0.123 e. The molecular formula is C14H23NO. The summed E-state index contributed by atoms with van der Waals surface area (Å²) in [5.41, 5.74) is 1.26. The third-order valence-electron chi connectivity index (χ3n) is 2.67. The predicted molar refractivity (Wildman–Crippen MR) is 68.9 cm³/mol. The second-order valence-electron chi connectivity index (χ2n) is 4.48. The van der Waals surface area contributed by atoms with E-state index in [1.165, 1.54) is 5.56 Å². The number of rotatable bonds is 6. The Balaban J connectivity index is 2.90. The van der Waals surface area contributed by atoms with Gasteiger partial charge >= 0.3 is 0 Å². The van der Waals surface area contributed by atoms with Crippen LogP contribution in [-0.4, -0.2) is 13.7 Å². The van der Waals surface area contributed by atoms with Gasteiger partial charge in [-0.2, -0.15) is 0 Å². The zero-order chi connectivity index (χ0) is 12.0. The molecule has 1 aromatic rings. The normalized spacial score (nSPS) is 12.8. The molecule has 0 heterocycles. The Kier molecular flexibility index (Phi) is 5.33. The van der Waals surface area contributed by atoms with E-state index in [0.717, 1.165) is 18.7 Å². The van der Waals surface area contributed by atoms with Gasteiger partial charge in [-0.3, -0.25) is 0 Å². The van der Waals surface area contributed by atoms with E-state index in [9.17, 15) is 0 Å². The van der Waals surface area contributed by atoms with E-state index >= 15 is 0 Å². The van der Waals surface area contributed by atoms with Gasteiger partial charge in [0.1, 0.15) is 5.75 Å². The van der Waals surface area contributed by atoms with Crippen molar-refractivity contribution in [3.05, 3.63) is 29.8 Å². The van der Waals surface area contributed by atoms with Crippen molar-refractivity contribution in [2.75, 3.05) is 13.7 Å². The van der Waals surface area contributed by atoms with Gasteiger partial charge < -0.3 is 10.1 Å². The molecule has 1 unspecified atom stereocenters. The van der Waals surface area contributed by atoms with Gasteiger partial charge in [0, 0.05) is 11.6 Å². The van der Waals surface area contributed by atoms with Crippen molar-refractivity contribution in [1.29, 1.82) is 0 Å². The van der Waals surface area contributed by atoms with Gasteiger partial charge in [0.2, 0.25) is 0 Å². The van der Waals surface area contributed by atoms with Gasteiger partial charge in [-0.1, -0.05) is 39.0 Å². The number of benzene rings is 1. The van der Waals surface area contributed by atoms with Crippen LogP contribution < -0.4 is 10.1 Å². The van der Waals surface area contributed by atoms with Crippen LogP contribution in [0, 0.1) is 5.92 Å². The fourth-order valence-corrected chi connectivity index (χ4v) is 1.99. The maximum absolute atomic E-state index is 5.41. The first kappa shape index (κ1) is 13.0. The van der Waals surface area contributed by atoms with Crippen molar-refractivity contribution in [2.45, 2.75) is 33.2 Å². The summed E-state index contributed by atoms with van der Waals surface area (Å²) in [6.45, 7) is 7.62. The van der Waals surface area contributed by atoms with Crippen LogP contribution in [0.3, 0.4) is 0 Å². The predicted octanol–water partition coefficient (Wildman–Crippen LogP) is 3.39. The first-order valence-corrected chi connectivity index (χ1v) is 6.05. The number of hydrogen-bond acceptors (Lipinski definition) is 2. The van der Waals surface area contributed by atoms with Crippen molar-refractivity contribution in [1.82, 2.24) is 5.32 Å². The van der Waals surface area contributed by atoms with Crippen LogP contribution in [0.2, 0.25) is 0 Å². The van der Waals surface area contributed by atoms with Crippen LogP contribution in [0.4, 0.5) is 0 Å². The average Bonchev–Trinajstić information content (AvgIpc) is 2.28. The molecule has 0 fully saturated rings. The molecule has 1 atom stereocenters. The lowest BCUT2D eigenvalue weighted by Gasteiger charge is -2.22. The molecule has 0 aliphatic carbocycles. The second-order valence-corrected chi connectivity index (χ2v) is 4.48. The van der Waals surface area contributed by atoms with Crippen LogP contribution in [-0.2, 0) is 0 Å². The van der Waals surface area contributed by atoms with E-state index < -0.39 is 0 Å². The summed E-state index contributed by atoms with van der Waals surface area (Å²) in [5, 5.41) is 3.52. The quantitative estimate of drug-likeness (QED) is 0.795. The summed E-state index contributed by atoms with van der Waals surface area (Å²) >= 11 is 0. The van der Waals surface area contributed by atoms with Gasteiger partial charge in [-0.15, -0.1) is 0 Å². The Hall–Kier alpha value is -1.02. The minimum Gasteiger partial charge on any atom is -0.496 e. The van der Waals surface area contributed by atoms with E-state index in [4.69, 9.17) is 4.74 Å². The molecule has 1 N–H and O–H groups in total. The minimum atomic E-state index is 0.390. The Morgan fingerprint density at radius 2 is 1.94 bits per heavy atom. The van der Waals surface area contributed by atoms with E-state index in [-0.39, 0.29) is 0 Å². The lowest BCUT2D eigenvalue weighted by atomic mass is 9.96. The number of nitrogens with one attached hydrogen (secondary N) is 1. The van der Waals surface area contributed by atoms with Crippen LogP contribution in [0.5, 0.6) is 5.75 Å². The Bertz CT molecular complexity index is 309. The summed E-state index contributed by atoms with van der Waals surface area (Å²) < 4.78 is 5.41. The molecule has 1 rings (SSSR count). The first-order valence-electron chi connectivity index (χ1n) is 6.05. The molecule has 16 heavy (non-hydrogen) atoms. The minimum absolute atomic E-state index is 0.390. The lowest BCUT2D eigenvalue weighted by molar-refractivity contribution is 0.384. The summed E-state index contributed by atoms with van der Waals surface area (Å²) in [6.07, 6.45) is 1.13. The van der Waals surface area contributed by atoms with Crippen molar-refractivity contribution >= 4 is 0 Å². The fraction of sp³-hybridized carbons (Fsp3) is 0.571. The van der Waals surface area contributed by atoms with Crippen LogP contribution in [0.15, 0.2) is 24.3 Å². The third-order valence-corrected chi connectivity index (χ3v) is 2.67. The molecule has 2 heteroatoms. The highest BCUT2D eigenvalue weighted by Gasteiger charge is 2.15. The van der Waals surface area contributed by atoms with E-state index in [1.807, 2.05) is 12.1 Å². The van der Waals surface area contributed by atoms with E-state index in [2.05, 4.69) is 38.2 Å². The van der Waals surface area contributed by atoms with Crippen molar-refractivity contribution in [3.8, 4) is 5.75 Å². The SMILES string of the molecule is CCNC(CC(C)C)c1ccccc1OC. The van der Waals surface area contributed by atoms with Crippen molar-refractivity contribution < 1.29 is 4.74 Å². The van der Waals surface area contributed by atoms with E-state index in [1.54, 1.807) is 7.11 Å². The highest BCUT2D eigenvalue weighted by Crippen LogP contribution is 2.28. The van der Waals surface area contributed by atoms with Gasteiger partial charge in [-0.05, 0) is 24.9 Å². The maximum atomic E-state index is 5.41. The van der Waals surface area contributed by atoms with Crippen molar-refractivity contribution in [3.63, 3.8) is 0 Å². The first-order chi connectivity index (χ1) is 7.69. The average molecular weight is 221 g/mol. The topological polar surface area (TPSA) is 21.3 Å². The number of hydrogen-bond donors (Lipinski definition) is 1. The maximum Gasteiger partial charge on any atom is 0.123 e. The highest BCUT2D eigenvalue weighted by molar-refractivity contribution is 5.35. The number of methoxy groups -OCH3 is 1. The van der Waals surface area contributed by atoms with Gasteiger partial charge in [0.15, 0.2) is 0 Å². The van der Waals surface area contributed by atoms with Crippen LogP contribution in [0.25, 0.3) is 0 Å². The van der Waals surface area contributed by atoms with Gasteiger partial charge in [0.05, 0.1) is 7.11 Å². The molecule has 0 saturated heterocycles. The molecule has 0 aromatic heterocycles. The van der Waals surface area contributed by atoms with E-state index in [0.29, 0.717) is 12.0 Å². The summed E-state index contributed by atoms with van der Waals surface area (Å²) in [5.74, 6) is 1.66. The van der Waals surface area contributed by atoms with Crippen molar-refractivity contribution in [2.24, 2.45) is 5.92 Å². The number of para-hydroxylation sites is 1. The zero-order valence-electron chi connectivity index (χ0n) is 10.8. The van der Waals surface area contributed by atoms with Crippen LogP contribution in [0.1, 0.15) is 38.8 Å². The third kappa shape index (κ3) is 3.53. The molecule has 0 amide bonds. The molecule has 0 aliphatic rings. The molecule has 0 aliphatic heterocycles. The summed E-state index contributed by atoms with van der Waals surface area (Å²) in [6, 6.07) is 8.65. The Morgan fingerprint density at radius 1 is 1.25 bits per heavy atom. The fourth-order valence-electron chi connectivity index (χ4n) is 1.99. The largest absolute Gasteiger partial charge is 0.496 e. The number of ether oxygens (including phenoxy) is 1. The highest BCUT2D eigenvalue weighted by atomic mass is 16.5. The molecule has 90 valence electrons. The molecule has 0 radical (unpaired) electrons. The molecule has 1 aromatic carbocycles. The molecule has 0 bridgehead atoms. The van der Waals surface area contributed by atoms with Gasteiger partial charge in [-0.25, -0.2) is 0 Å². The monoisotopic (exact) mass is 221 g/mol. The van der Waals surface area contributed by atoms with Crippen LogP contribution >= 0.6 is 0 Å². The van der Waals surface area contributed by atoms with Gasteiger partial charge in [0.25, 0.3) is 0 Å². The Labute approximate surface area is 99.0 Å².